The van der Waals surface area contributed by atoms with Gasteiger partial charge in [-0.3, -0.25) is 10.1 Å². The fraction of sp³-hybridized carbons (Fsp3) is 0.154. The molecule has 0 radical (unpaired) electrons. The van der Waals surface area contributed by atoms with Crippen LogP contribution in [0.1, 0.15) is 17.3 Å². The maximum atomic E-state index is 11.7. The van der Waals surface area contributed by atoms with Gasteiger partial charge in [0, 0.05) is 5.69 Å². The molecular weight excluding hydrogens is 304 g/mol. The first kappa shape index (κ1) is 16.1. The quantitative estimate of drug-likeness (QED) is 0.313. The maximum absolute atomic E-state index is 11.7. The normalized spacial score (nSPS) is 10.0. The highest BCUT2D eigenvalue weighted by Crippen LogP contribution is 2.30. The van der Waals surface area contributed by atoms with E-state index in [1.807, 2.05) is 0 Å². The lowest BCUT2D eigenvalue weighted by atomic mass is 10.2. The van der Waals surface area contributed by atoms with E-state index >= 15 is 0 Å². The first-order valence-electron chi connectivity index (χ1n) is 6.57. The minimum atomic E-state index is -0.660. The summed E-state index contributed by atoms with van der Waals surface area (Å²) in [6.45, 7) is 1.95. The van der Waals surface area contributed by atoms with E-state index in [0.717, 1.165) is 6.33 Å². The van der Waals surface area contributed by atoms with Crippen LogP contribution in [0.3, 0.4) is 0 Å². The Balaban J connectivity index is 2.35. The number of nitrogens with two attached hydrogens (primary N) is 1. The number of benzene rings is 1. The van der Waals surface area contributed by atoms with Crippen LogP contribution in [0, 0.1) is 10.1 Å². The third-order valence-electron chi connectivity index (χ3n) is 2.78. The number of nitrogens with zero attached hydrogens (tertiary/aromatic N) is 3. The number of hydrogen-bond donors (Lipinski definition) is 3. The highest BCUT2D eigenvalue weighted by Gasteiger charge is 2.22. The number of ether oxygens (including phenoxy) is 1. The summed E-state index contributed by atoms with van der Waals surface area (Å²) in [5.74, 6) is 4.54. The third-order valence-corrected chi connectivity index (χ3v) is 2.78. The van der Waals surface area contributed by atoms with Gasteiger partial charge in [0.2, 0.25) is 11.6 Å². The molecule has 0 aliphatic heterocycles. The molecule has 0 spiro atoms. The standard InChI is InChI=1S/C13H14N6O4/c1-2-23-13(20)8-4-3-5-9(6-8)17-11-10(19(21)22)12(18-14)16-7-15-11/h3-7H,2,14H2,1H3,(H2,15,16,17,18). The topological polar surface area (TPSA) is 145 Å². The lowest BCUT2D eigenvalue weighted by molar-refractivity contribution is -0.383. The van der Waals surface area contributed by atoms with Gasteiger partial charge in [-0.15, -0.1) is 0 Å². The maximum Gasteiger partial charge on any atom is 0.354 e. The van der Waals surface area contributed by atoms with Crippen LogP contribution in [0.4, 0.5) is 23.0 Å². The van der Waals surface area contributed by atoms with Crippen molar-refractivity contribution >= 4 is 29.0 Å². The van der Waals surface area contributed by atoms with E-state index in [2.05, 4.69) is 20.7 Å². The van der Waals surface area contributed by atoms with Crippen molar-refractivity contribution in [3.05, 3.63) is 46.3 Å². The summed E-state index contributed by atoms with van der Waals surface area (Å²) in [6, 6.07) is 6.32. The summed E-state index contributed by atoms with van der Waals surface area (Å²) in [4.78, 5) is 29.7. The SMILES string of the molecule is CCOC(=O)c1cccc(Nc2ncnc(NN)c2[N+](=O)[O-])c1. The number of hydrogen-bond acceptors (Lipinski definition) is 9. The predicted octanol–water partition coefficient (Wildman–Crippen LogP) is 1.59. The molecule has 2 aromatic rings. The Kier molecular flexibility index (Phi) is 5.00. The van der Waals surface area contributed by atoms with E-state index in [9.17, 15) is 14.9 Å². The van der Waals surface area contributed by atoms with Crippen molar-refractivity contribution in [3.63, 3.8) is 0 Å². The van der Waals surface area contributed by atoms with Crippen LogP contribution in [0.2, 0.25) is 0 Å². The number of esters is 1. The lowest BCUT2D eigenvalue weighted by Crippen LogP contribution is -2.13. The summed E-state index contributed by atoms with van der Waals surface area (Å²) in [6.07, 6.45) is 1.12. The summed E-state index contributed by atoms with van der Waals surface area (Å²) in [7, 11) is 0. The van der Waals surface area contributed by atoms with Crippen LogP contribution < -0.4 is 16.6 Å². The minimum Gasteiger partial charge on any atom is -0.462 e. The first-order chi connectivity index (χ1) is 11.1. The molecule has 0 amide bonds. The molecule has 1 heterocycles. The zero-order chi connectivity index (χ0) is 16.8. The average molecular weight is 318 g/mol. The largest absolute Gasteiger partial charge is 0.462 e. The molecule has 0 saturated carbocycles. The number of aromatic nitrogens is 2. The number of anilines is 3. The second-order valence-corrected chi connectivity index (χ2v) is 4.25. The number of rotatable bonds is 6. The molecule has 1 aromatic carbocycles. The van der Waals surface area contributed by atoms with Crippen molar-refractivity contribution in [2.45, 2.75) is 6.92 Å². The Morgan fingerprint density at radius 3 is 2.78 bits per heavy atom. The third kappa shape index (κ3) is 3.68. The van der Waals surface area contributed by atoms with Crippen LogP contribution in [0.5, 0.6) is 0 Å². The zero-order valence-corrected chi connectivity index (χ0v) is 12.1. The Labute approximate surface area is 130 Å². The molecule has 10 heteroatoms. The van der Waals surface area contributed by atoms with Crippen molar-refractivity contribution in [1.29, 1.82) is 0 Å². The van der Waals surface area contributed by atoms with Gasteiger partial charge in [0.05, 0.1) is 17.1 Å². The molecule has 10 nitrogen and oxygen atoms in total. The van der Waals surface area contributed by atoms with E-state index < -0.39 is 16.6 Å². The summed E-state index contributed by atoms with van der Waals surface area (Å²) in [5, 5.41) is 13.9. The lowest BCUT2D eigenvalue weighted by Gasteiger charge is -2.09. The molecule has 1 aromatic heterocycles. The molecule has 0 bridgehead atoms. The van der Waals surface area contributed by atoms with Crippen LogP contribution in [-0.2, 0) is 4.74 Å². The second-order valence-electron chi connectivity index (χ2n) is 4.25. The number of nitro groups is 1. The molecule has 2 rings (SSSR count). The second kappa shape index (κ2) is 7.13. The van der Waals surface area contributed by atoms with Gasteiger partial charge >= 0.3 is 11.7 Å². The van der Waals surface area contributed by atoms with Crippen LogP contribution in [0.25, 0.3) is 0 Å². The summed E-state index contributed by atoms with van der Waals surface area (Å²) in [5.41, 5.74) is 2.48. The van der Waals surface area contributed by atoms with E-state index in [-0.39, 0.29) is 18.2 Å². The molecule has 0 aliphatic carbocycles. The van der Waals surface area contributed by atoms with Crippen molar-refractivity contribution in [1.82, 2.24) is 9.97 Å². The fourth-order valence-corrected chi connectivity index (χ4v) is 1.82. The van der Waals surface area contributed by atoms with Crippen molar-refractivity contribution in [2.24, 2.45) is 5.84 Å². The van der Waals surface area contributed by atoms with Crippen molar-refractivity contribution in [3.8, 4) is 0 Å². The Morgan fingerprint density at radius 2 is 2.13 bits per heavy atom. The number of nitrogens with one attached hydrogen (secondary N) is 2. The van der Waals surface area contributed by atoms with Crippen LogP contribution >= 0.6 is 0 Å². The zero-order valence-electron chi connectivity index (χ0n) is 12.1. The van der Waals surface area contributed by atoms with Gasteiger partial charge in [0.25, 0.3) is 0 Å². The summed E-state index contributed by atoms with van der Waals surface area (Å²) < 4.78 is 4.90. The number of carbonyl (C=O) groups is 1. The van der Waals surface area contributed by atoms with Gasteiger partial charge in [-0.2, -0.15) is 0 Å². The number of hydrazine groups is 1. The minimum absolute atomic E-state index is 0.0565. The van der Waals surface area contributed by atoms with Crippen LogP contribution in [0.15, 0.2) is 30.6 Å². The Morgan fingerprint density at radius 1 is 1.39 bits per heavy atom. The molecule has 0 aliphatic rings. The van der Waals surface area contributed by atoms with Gasteiger partial charge in [0.1, 0.15) is 6.33 Å². The molecule has 23 heavy (non-hydrogen) atoms. The van der Waals surface area contributed by atoms with Crippen LogP contribution in [-0.4, -0.2) is 27.5 Å². The number of carbonyl (C=O) groups excluding carboxylic acids is 1. The Hall–Kier alpha value is -3.27. The number of nitrogen functional groups attached to an aromatic ring is 1. The fourth-order valence-electron chi connectivity index (χ4n) is 1.82. The molecule has 120 valence electrons. The average Bonchev–Trinajstić information content (AvgIpc) is 2.54. The molecule has 0 saturated heterocycles. The Bertz CT molecular complexity index is 736. The smallest absolute Gasteiger partial charge is 0.354 e. The van der Waals surface area contributed by atoms with Gasteiger partial charge in [-0.1, -0.05) is 6.07 Å². The van der Waals surface area contributed by atoms with Gasteiger partial charge < -0.3 is 15.5 Å². The van der Waals surface area contributed by atoms with Gasteiger partial charge in [-0.25, -0.2) is 20.6 Å². The van der Waals surface area contributed by atoms with E-state index in [1.54, 1.807) is 25.1 Å². The summed E-state index contributed by atoms with van der Waals surface area (Å²) >= 11 is 0. The van der Waals surface area contributed by atoms with E-state index in [1.165, 1.54) is 6.07 Å². The first-order valence-corrected chi connectivity index (χ1v) is 6.57. The van der Waals surface area contributed by atoms with Crippen molar-refractivity contribution < 1.29 is 14.5 Å². The van der Waals surface area contributed by atoms with Gasteiger partial charge in [-0.05, 0) is 25.1 Å². The predicted molar refractivity (Wildman–Crippen MR) is 82.2 cm³/mol. The van der Waals surface area contributed by atoms with Gasteiger partial charge in [0.15, 0.2) is 0 Å². The monoisotopic (exact) mass is 318 g/mol. The van der Waals surface area contributed by atoms with Crippen molar-refractivity contribution in [2.75, 3.05) is 17.3 Å². The van der Waals surface area contributed by atoms with E-state index in [4.69, 9.17) is 10.6 Å². The van der Waals surface area contributed by atoms with E-state index in [0.29, 0.717) is 11.3 Å². The molecular formula is C13H14N6O4. The molecule has 0 atom stereocenters. The highest BCUT2D eigenvalue weighted by atomic mass is 16.6. The molecule has 0 unspecified atom stereocenters. The highest BCUT2D eigenvalue weighted by molar-refractivity contribution is 5.91. The molecule has 0 fully saturated rings. The molecule has 4 N–H and O–H groups in total.